The van der Waals surface area contributed by atoms with Crippen LogP contribution < -0.4 is 5.32 Å². The molecule has 0 spiro atoms. The number of amides is 1. The fourth-order valence-electron chi connectivity index (χ4n) is 3.83. The first-order chi connectivity index (χ1) is 17.2. The van der Waals surface area contributed by atoms with Crippen molar-refractivity contribution in [2.45, 2.75) is 135 Å². The molecule has 4 nitrogen and oxygen atoms in total. The van der Waals surface area contributed by atoms with Crippen LogP contribution in [-0.2, 0) is 4.79 Å². The van der Waals surface area contributed by atoms with Crippen LogP contribution in [0.2, 0.25) is 0 Å². The number of carbonyl (C=O) groups is 1. The van der Waals surface area contributed by atoms with E-state index in [1.165, 1.54) is 44.9 Å². The van der Waals surface area contributed by atoms with Crippen LogP contribution in [0.1, 0.15) is 123 Å². The van der Waals surface area contributed by atoms with Gasteiger partial charge in [0.1, 0.15) is 0 Å². The second kappa shape index (κ2) is 26.9. The minimum Gasteiger partial charge on any atom is -0.394 e. The Labute approximate surface area is 216 Å². The van der Waals surface area contributed by atoms with Crippen LogP contribution in [0.5, 0.6) is 0 Å². The molecule has 0 aromatic carbocycles. The summed E-state index contributed by atoms with van der Waals surface area (Å²) in [5, 5.41) is 22.5. The molecule has 0 aliphatic carbocycles. The van der Waals surface area contributed by atoms with E-state index in [-0.39, 0.29) is 12.5 Å². The van der Waals surface area contributed by atoms with Crippen molar-refractivity contribution < 1.29 is 15.0 Å². The molecule has 0 aliphatic heterocycles. The molecular formula is C31H55NO3. The highest BCUT2D eigenvalue weighted by Crippen LogP contribution is 2.11. The number of aliphatic hydroxyl groups is 2. The SMILES string of the molecule is CC/C=C\C/C=C\C/C=C\CCCCCCCCCC(=O)NC(CO)C(O)/C=C/CCCCCC. The summed E-state index contributed by atoms with van der Waals surface area (Å²) in [4.78, 5) is 12.2. The van der Waals surface area contributed by atoms with Crippen LogP contribution in [0.3, 0.4) is 0 Å². The van der Waals surface area contributed by atoms with E-state index in [4.69, 9.17) is 0 Å². The first kappa shape index (κ1) is 33.4. The van der Waals surface area contributed by atoms with Gasteiger partial charge in [-0.05, 0) is 51.4 Å². The van der Waals surface area contributed by atoms with Crippen molar-refractivity contribution >= 4 is 5.91 Å². The number of carbonyl (C=O) groups excluding carboxylic acids is 1. The van der Waals surface area contributed by atoms with Crippen molar-refractivity contribution in [2.24, 2.45) is 0 Å². The molecule has 2 unspecified atom stereocenters. The highest BCUT2D eigenvalue weighted by molar-refractivity contribution is 5.76. The minimum atomic E-state index is -0.839. The molecule has 1 amide bonds. The molecule has 0 rings (SSSR count). The maximum Gasteiger partial charge on any atom is 0.220 e. The molecule has 0 bridgehead atoms. The predicted molar refractivity (Wildman–Crippen MR) is 151 cm³/mol. The normalized spacial score (nSPS) is 14.1. The second-order valence-electron chi connectivity index (χ2n) is 9.43. The monoisotopic (exact) mass is 489 g/mol. The van der Waals surface area contributed by atoms with Crippen molar-refractivity contribution in [3.05, 3.63) is 48.6 Å². The maximum absolute atomic E-state index is 12.2. The van der Waals surface area contributed by atoms with Gasteiger partial charge >= 0.3 is 0 Å². The van der Waals surface area contributed by atoms with E-state index in [0.717, 1.165) is 57.8 Å². The van der Waals surface area contributed by atoms with Gasteiger partial charge in [0.15, 0.2) is 0 Å². The molecule has 2 atom stereocenters. The first-order valence-corrected chi connectivity index (χ1v) is 14.4. The number of allylic oxidation sites excluding steroid dienone is 7. The summed E-state index contributed by atoms with van der Waals surface area (Å²) in [6, 6.07) is -0.623. The Balaban J connectivity index is 3.66. The summed E-state index contributed by atoms with van der Waals surface area (Å²) >= 11 is 0. The molecule has 0 aliphatic rings. The van der Waals surface area contributed by atoms with Gasteiger partial charge in [0.2, 0.25) is 5.91 Å². The standard InChI is InChI=1S/C31H55NO3/c1-3-5-7-9-11-12-13-14-15-16-17-18-19-20-21-23-25-27-31(35)32-29(28-33)30(34)26-24-22-10-8-6-4-2/h5,7,11-12,14-15,24,26,29-30,33-34H,3-4,6,8-10,13,16-23,25,27-28H2,1-2H3,(H,32,35)/b7-5-,12-11-,15-14-,26-24+. The zero-order chi connectivity index (χ0) is 25.8. The van der Waals surface area contributed by atoms with E-state index < -0.39 is 12.1 Å². The van der Waals surface area contributed by atoms with E-state index in [9.17, 15) is 15.0 Å². The Kier molecular flexibility index (Phi) is 25.7. The van der Waals surface area contributed by atoms with Gasteiger partial charge in [-0.2, -0.15) is 0 Å². The van der Waals surface area contributed by atoms with E-state index in [0.29, 0.717) is 6.42 Å². The fourth-order valence-corrected chi connectivity index (χ4v) is 3.83. The van der Waals surface area contributed by atoms with E-state index in [2.05, 4.69) is 55.6 Å². The third-order valence-electron chi connectivity index (χ3n) is 6.07. The van der Waals surface area contributed by atoms with Gasteiger partial charge in [0, 0.05) is 6.42 Å². The highest BCUT2D eigenvalue weighted by Gasteiger charge is 2.17. The quantitative estimate of drug-likeness (QED) is 0.0960. The molecule has 0 heterocycles. The van der Waals surface area contributed by atoms with Gasteiger partial charge in [-0.25, -0.2) is 0 Å². The number of aliphatic hydroxyl groups excluding tert-OH is 2. The minimum absolute atomic E-state index is 0.0847. The van der Waals surface area contributed by atoms with Gasteiger partial charge in [0.25, 0.3) is 0 Å². The number of hydrogen-bond donors (Lipinski definition) is 3. The highest BCUT2D eigenvalue weighted by atomic mass is 16.3. The van der Waals surface area contributed by atoms with Gasteiger partial charge in [-0.15, -0.1) is 0 Å². The van der Waals surface area contributed by atoms with Gasteiger partial charge < -0.3 is 15.5 Å². The molecule has 0 saturated carbocycles. The second-order valence-corrected chi connectivity index (χ2v) is 9.43. The molecule has 4 heteroatoms. The Hall–Kier alpha value is -1.65. The topological polar surface area (TPSA) is 69.6 Å². The maximum atomic E-state index is 12.2. The van der Waals surface area contributed by atoms with Gasteiger partial charge in [-0.3, -0.25) is 4.79 Å². The summed E-state index contributed by atoms with van der Waals surface area (Å²) in [5.41, 5.74) is 0. The smallest absolute Gasteiger partial charge is 0.220 e. The number of rotatable bonds is 24. The lowest BCUT2D eigenvalue weighted by Crippen LogP contribution is -2.45. The Morgan fingerprint density at radius 2 is 1.26 bits per heavy atom. The molecule has 0 radical (unpaired) electrons. The Bertz CT molecular complexity index is 580. The zero-order valence-electron chi connectivity index (χ0n) is 22.8. The molecule has 0 saturated heterocycles. The fraction of sp³-hybridized carbons (Fsp3) is 0.710. The lowest BCUT2D eigenvalue weighted by atomic mass is 10.1. The van der Waals surface area contributed by atoms with Gasteiger partial charge in [-0.1, -0.05) is 114 Å². The van der Waals surface area contributed by atoms with Crippen LogP contribution in [0.25, 0.3) is 0 Å². The molecule has 35 heavy (non-hydrogen) atoms. The third kappa shape index (κ3) is 23.8. The lowest BCUT2D eigenvalue weighted by Gasteiger charge is -2.20. The van der Waals surface area contributed by atoms with Crippen LogP contribution in [0.4, 0.5) is 0 Å². The zero-order valence-corrected chi connectivity index (χ0v) is 22.8. The van der Waals surface area contributed by atoms with Crippen molar-refractivity contribution in [3.63, 3.8) is 0 Å². The van der Waals surface area contributed by atoms with E-state index >= 15 is 0 Å². The van der Waals surface area contributed by atoms with Crippen molar-refractivity contribution in [2.75, 3.05) is 6.61 Å². The predicted octanol–water partition coefficient (Wildman–Crippen LogP) is 7.72. The van der Waals surface area contributed by atoms with Crippen LogP contribution >= 0.6 is 0 Å². The van der Waals surface area contributed by atoms with Crippen LogP contribution in [0, 0.1) is 0 Å². The van der Waals surface area contributed by atoms with Crippen LogP contribution in [-0.4, -0.2) is 34.9 Å². The van der Waals surface area contributed by atoms with E-state index in [1.54, 1.807) is 6.08 Å². The lowest BCUT2D eigenvalue weighted by molar-refractivity contribution is -0.123. The third-order valence-corrected chi connectivity index (χ3v) is 6.07. The average Bonchev–Trinajstić information content (AvgIpc) is 2.86. The summed E-state index contributed by atoms with van der Waals surface area (Å²) < 4.78 is 0. The average molecular weight is 490 g/mol. The summed E-state index contributed by atoms with van der Waals surface area (Å²) in [5.74, 6) is -0.0847. The molecule has 202 valence electrons. The summed E-state index contributed by atoms with van der Waals surface area (Å²) in [6.45, 7) is 4.09. The van der Waals surface area contributed by atoms with Crippen LogP contribution in [0.15, 0.2) is 48.6 Å². The Morgan fingerprint density at radius 3 is 1.89 bits per heavy atom. The Morgan fingerprint density at radius 1 is 0.714 bits per heavy atom. The van der Waals surface area contributed by atoms with Crippen molar-refractivity contribution in [1.29, 1.82) is 0 Å². The number of nitrogens with one attached hydrogen (secondary N) is 1. The summed E-state index contributed by atoms with van der Waals surface area (Å²) in [6.07, 6.45) is 34.8. The van der Waals surface area contributed by atoms with Crippen molar-refractivity contribution in [3.8, 4) is 0 Å². The van der Waals surface area contributed by atoms with Gasteiger partial charge in [0.05, 0.1) is 18.8 Å². The molecular weight excluding hydrogens is 434 g/mol. The van der Waals surface area contributed by atoms with E-state index in [1.807, 2.05) is 6.08 Å². The largest absolute Gasteiger partial charge is 0.394 e. The first-order valence-electron chi connectivity index (χ1n) is 14.4. The number of hydrogen-bond acceptors (Lipinski definition) is 3. The molecule has 0 aromatic heterocycles. The molecule has 0 aromatic rings. The molecule has 0 fully saturated rings. The molecule has 3 N–H and O–H groups in total. The van der Waals surface area contributed by atoms with Crippen molar-refractivity contribution in [1.82, 2.24) is 5.32 Å². The number of unbranched alkanes of at least 4 members (excludes halogenated alkanes) is 11. The summed E-state index contributed by atoms with van der Waals surface area (Å²) in [7, 11) is 0.